The van der Waals surface area contributed by atoms with Crippen LogP contribution in [0.25, 0.3) is 0 Å². The molecule has 0 fully saturated rings. The molecular formula is C22H19N3OS. The molecule has 0 N–H and O–H groups in total. The first-order chi connectivity index (χ1) is 13.1. The average molecular weight is 373 g/mol. The number of thioether (sulfide) groups is 1. The monoisotopic (exact) mass is 373 g/mol. The van der Waals surface area contributed by atoms with E-state index in [1.807, 2.05) is 74.5 Å². The maximum absolute atomic E-state index is 13.3. The maximum atomic E-state index is 13.3. The number of carbonyl (C=O) groups excluding carboxylic acids is 1. The van der Waals surface area contributed by atoms with E-state index in [1.54, 1.807) is 17.0 Å². The zero-order chi connectivity index (χ0) is 19.2. The number of aryl methyl sites for hydroxylation is 1. The van der Waals surface area contributed by atoms with Gasteiger partial charge in [-0.3, -0.25) is 9.69 Å². The lowest BCUT2D eigenvalue weighted by Crippen LogP contribution is -2.32. The van der Waals surface area contributed by atoms with Crippen LogP contribution in [0.15, 0.2) is 77.8 Å². The SMILES string of the molecule is Cc1ccc(C#N)c(SC(C)C(=O)N(c2ccccc2)c2ccccc2)n1. The molecule has 0 aliphatic rings. The number of amides is 1. The van der Waals surface area contributed by atoms with Crippen LogP contribution in [0.4, 0.5) is 11.4 Å². The zero-order valence-corrected chi connectivity index (χ0v) is 16.0. The molecule has 4 nitrogen and oxygen atoms in total. The molecule has 0 radical (unpaired) electrons. The quantitative estimate of drug-likeness (QED) is 0.583. The van der Waals surface area contributed by atoms with Crippen molar-refractivity contribution in [2.24, 2.45) is 0 Å². The number of rotatable bonds is 5. The number of hydrogen-bond acceptors (Lipinski definition) is 4. The minimum absolute atomic E-state index is 0.0652. The van der Waals surface area contributed by atoms with Crippen LogP contribution in [-0.2, 0) is 4.79 Å². The molecule has 3 rings (SSSR count). The third-order valence-electron chi connectivity index (χ3n) is 4.01. The second kappa shape index (κ2) is 8.52. The van der Waals surface area contributed by atoms with E-state index in [0.29, 0.717) is 10.6 Å². The number of nitrogens with zero attached hydrogens (tertiary/aromatic N) is 3. The number of nitriles is 1. The van der Waals surface area contributed by atoms with Crippen LogP contribution in [0, 0.1) is 18.3 Å². The zero-order valence-electron chi connectivity index (χ0n) is 15.2. The highest BCUT2D eigenvalue weighted by Gasteiger charge is 2.25. The van der Waals surface area contributed by atoms with Gasteiger partial charge in [0, 0.05) is 17.1 Å². The largest absolute Gasteiger partial charge is 0.280 e. The van der Waals surface area contributed by atoms with Gasteiger partial charge in [0.15, 0.2) is 0 Å². The summed E-state index contributed by atoms with van der Waals surface area (Å²) in [4.78, 5) is 19.5. The molecule has 1 aromatic heterocycles. The van der Waals surface area contributed by atoms with Crippen LogP contribution in [-0.4, -0.2) is 16.1 Å². The van der Waals surface area contributed by atoms with Gasteiger partial charge in [-0.2, -0.15) is 5.26 Å². The van der Waals surface area contributed by atoms with E-state index in [-0.39, 0.29) is 5.91 Å². The second-order valence-electron chi connectivity index (χ2n) is 6.02. The van der Waals surface area contributed by atoms with Crippen molar-refractivity contribution in [2.45, 2.75) is 24.1 Å². The van der Waals surface area contributed by atoms with Crippen molar-refractivity contribution in [1.29, 1.82) is 5.26 Å². The van der Waals surface area contributed by atoms with Crippen LogP contribution in [0.2, 0.25) is 0 Å². The number of anilines is 2. The summed E-state index contributed by atoms with van der Waals surface area (Å²) in [6, 6.07) is 24.8. The van der Waals surface area contributed by atoms with Gasteiger partial charge >= 0.3 is 0 Å². The molecule has 27 heavy (non-hydrogen) atoms. The number of hydrogen-bond donors (Lipinski definition) is 0. The topological polar surface area (TPSA) is 57.0 Å². The van der Waals surface area contributed by atoms with E-state index < -0.39 is 5.25 Å². The van der Waals surface area contributed by atoms with E-state index in [0.717, 1.165) is 17.1 Å². The van der Waals surface area contributed by atoms with Crippen molar-refractivity contribution in [3.05, 3.63) is 84.1 Å². The number of carbonyl (C=O) groups is 1. The maximum Gasteiger partial charge on any atom is 0.244 e. The van der Waals surface area contributed by atoms with Crippen LogP contribution < -0.4 is 4.90 Å². The highest BCUT2D eigenvalue weighted by molar-refractivity contribution is 8.00. The Labute approximate surface area is 163 Å². The van der Waals surface area contributed by atoms with Gasteiger partial charge in [-0.15, -0.1) is 0 Å². The summed E-state index contributed by atoms with van der Waals surface area (Å²) in [5.74, 6) is -0.0652. The van der Waals surface area contributed by atoms with Crippen molar-refractivity contribution in [2.75, 3.05) is 4.90 Å². The summed E-state index contributed by atoms with van der Waals surface area (Å²) < 4.78 is 0. The molecule has 2 aromatic carbocycles. The van der Waals surface area contributed by atoms with Gasteiger partial charge in [0.05, 0.1) is 10.8 Å². The molecule has 134 valence electrons. The van der Waals surface area contributed by atoms with E-state index in [4.69, 9.17) is 0 Å². The lowest BCUT2D eigenvalue weighted by atomic mass is 10.2. The Morgan fingerprint density at radius 1 is 1.00 bits per heavy atom. The molecule has 0 spiro atoms. The van der Waals surface area contributed by atoms with Crippen molar-refractivity contribution in [1.82, 2.24) is 4.98 Å². The first-order valence-electron chi connectivity index (χ1n) is 8.58. The molecular weight excluding hydrogens is 354 g/mol. The first-order valence-corrected chi connectivity index (χ1v) is 9.46. The molecule has 0 bridgehead atoms. The summed E-state index contributed by atoms with van der Waals surface area (Å²) in [5, 5.41) is 9.50. The van der Waals surface area contributed by atoms with Gasteiger partial charge in [0.25, 0.3) is 0 Å². The van der Waals surface area contributed by atoms with Gasteiger partial charge in [0.2, 0.25) is 5.91 Å². The van der Waals surface area contributed by atoms with Gasteiger partial charge in [0.1, 0.15) is 11.1 Å². The normalized spacial score (nSPS) is 11.4. The Kier molecular flexibility index (Phi) is 5.90. The summed E-state index contributed by atoms with van der Waals surface area (Å²) in [6.07, 6.45) is 0. The first kappa shape index (κ1) is 18.7. The third-order valence-corrected chi connectivity index (χ3v) is 5.09. The van der Waals surface area contributed by atoms with Crippen molar-refractivity contribution in [3.8, 4) is 6.07 Å². The van der Waals surface area contributed by atoms with E-state index in [9.17, 15) is 10.1 Å². The third kappa shape index (κ3) is 4.36. The van der Waals surface area contributed by atoms with Crippen LogP contribution >= 0.6 is 11.8 Å². The standard InChI is InChI=1S/C22H19N3OS/c1-16-13-14-18(15-23)21(24-16)27-17(2)22(26)25(19-9-5-3-6-10-19)20-11-7-4-8-12-20/h3-14,17H,1-2H3. The van der Waals surface area contributed by atoms with Gasteiger partial charge in [-0.1, -0.05) is 48.2 Å². The minimum Gasteiger partial charge on any atom is -0.280 e. The molecule has 1 atom stereocenters. The second-order valence-corrected chi connectivity index (χ2v) is 7.35. The molecule has 1 heterocycles. The molecule has 1 unspecified atom stereocenters. The number of pyridine rings is 1. The predicted octanol–water partition coefficient (Wildman–Crippen LogP) is 5.11. The minimum atomic E-state index is -0.410. The Morgan fingerprint density at radius 3 is 2.07 bits per heavy atom. The molecule has 1 amide bonds. The molecule has 3 aromatic rings. The Morgan fingerprint density at radius 2 is 1.56 bits per heavy atom. The summed E-state index contributed by atoms with van der Waals surface area (Å²) in [5.41, 5.74) is 2.91. The van der Waals surface area contributed by atoms with E-state index in [2.05, 4.69) is 11.1 Å². The fourth-order valence-electron chi connectivity index (χ4n) is 2.67. The van der Waals surface area contributed by atoms with Crippen molar-refractivity contribution in [3.63, 3.8) is 0 Å². The smallest absolute Gasteiger partial charge is 0.244 e. The van der Waals surface area contributed by atoms with E-state index in [1.165, 1.54) is 11.8 Å². The van der Waals surface area contributed by atoms with Crippen LogP contribution in [0.1, 0.15) is 18.2 Å². The van der Waals surface area contributed by atoms with Crippen molar-refractivity contribution < 1.29 is 4.79 Å². The highest BCUT2D eigenvalue weighted by atomic mass is 32.2. The van der Waals surface area contributed by atoms with Crippen molar-refractivity contribution >= 4 is 29.0 Å². The summed E-state index contributed by atoms with van der Waals surface area (Å²) in [7, 11) is 0. The lowest BCUT2D eigenvalue weighted by molar-refractivity contribution is -0.117. The van der Waals surface area contributed by atoms with Gasteiger partial charge in [-0.25, -0.2) is 4.98 Å². The predicted molar refractivity (Wildman–Crippen MR) is 109 cm³/mol. The molecule has 0 aliphatic carbocycles. The summed E-state index contributed by atoms with van der Waals surface area (Å²) in [6.45, 7) is 3.72. The molecule has 0 saturated carbocycles. The van der Waals surface area contributed by atoms with Crippen LogP contribution in [0.3, 0.4) is 0 Å². The highest BCUT2D eigenvalue weighted by Crippen LogP contribution is 2.31. The Bertz CT molecular complexity index is 928. The van der Waals surface area contributed by atoms with Gasteiger partial charge < -0.3 is 0 Å². The average Bonchev–Trinajstić information content (AvgIpc) is 2.70. The number of benzene rings is 2. The summed E-state index contributed by atoms with van der Waals surface area (Å²) >= 11 is 1.31. The Balaban J connectivity index is 1.93. The Hall–Kier alpha value is -3.10. The molecule has 5 heteroatoms. The number of aromatic nitrogens is 1. The van der Waals surface area contributed by atoms with Gasteiger partial charge in [-0.05, 0) is 50.2 Å². The fraction of sp³-hybridized carbons (Fsp3) is 0.136. The van der Waals surface area contributed by atoms with Crippen LogP contribution in [0.5, 0.6) is 0 Å². The molecule has 0 saturated heterocycles. The number of para-hydroxylation sites is 2. The fourth-order valence-corrected chi connectivity index (χ4v) is 3.64. The lowest BCUT2D eigenvalue weighted by Gasteiger charge is -2.26. The molecule has 0 aliphatic heterocycles. The van der Waals surface area contributed by atoms with E-state index >= 15 is 0 Å².